The molecule has 2 heterocycles. The van der Waals surface area contributed by atoms with Crippen molar-refractivity contribution < 1.29 is 9.53 Å². The van der Waals surface area contributed by atoms with Gasteiger partial charge < -0.3 is 9.30 Å². The molecule has 4 rings (SSSR count). The second kappa shape index (κ2) is 11.3. The van der Waals surface area contributed by atoms with Crippen LogP contribution in [0.2, 0.25) is 5.02 Å². The largest absolute Gasteiger partial charge is 0.494 e. The first-order valence-electron chi connectivity index (χ1n) is 10.2. The normalized spacial score (nSPS) is 10.7. The Morgan fingerprint density at radius 3 is 2.72 bits per heavy atom. The van der Waals surface area contributed by atoms with Crippen LogP contribution in [-0.4, -0.2) is 33.6 Å². The molecule has 168 valence electrons. The van der Waals surface area contributed by atoms with E-state index in [0.717, 1.165) is 34.5 Å². The molecule has 0 N–H and O–H groups in total. The van der Waals surface area contributed by atoms with Gasteiger partial charge in [0.1, 0.15) is 11.3 Å². The van der Waals surface area contributed by atoms with E-state index < -0.39 is 0 Å². The Morgan fingerprint density at radius 2 is 2.03 bits per heavy atom. The number of carbonyl (C=O) groups is 1. The number of aryl methyl sites for hydroxylation is 1. The Hall–Kier alpha value is -2.61. The summed E-state index contributed by atoms with van der Waals surface area (Å²) < 4.78 is 8.47. The van der Waals surface area contributed by atoms with Gasteiger partial charge in [0.15, 0.2) is 5.13 Å². The predicted octanol–water partition coefficient (Wildman–Crippen LogP) is 5.63. The van der Waals surface area contributed by atoms with E-state index in [-0.39, 0.29) is 18.3 Å². The molecule has 6 nitrogen and oxygen atoms in total. The summed E-state index contributed by atoms with van der Waals surface area (Å²) in [5, 5.41) is 1.27. The SMILES string of the molecule is CCOc1ccc(CC(=O)N(CCCn2ccnc2)c2nc3c(Cl)cccc3s2)cc1.Cl. The summed E-state index contributed by atoms with van der Waals surface area (Å²) in [6.07, 6.45) is 6.54. The standard InChI is InChI=1S/C23H23ClN4O2S.ClH/c1-2-30-18-9-7-17(8-10-18)15-21(29)28(13-4-12-27-14-11-25-16-27)23-26-22-19(24)5-3-6-20(22)31-23;/h3,5-11,14,16H,2,4,12-13,15H2,1H3;1H. The van der Waals surface area contributed by atoms with Gasteiger partial charge in [0, 0.05) is 25.5 Å². The van der Waals surface area contributed by atoms with E-state index in [1.54, 1.807) is 17.4 Å². The Balaban J connectivity index is 0.00000289. The highest BCUT2D eigenvalue weighted by molar-refractivity contribution is 7.22. The van der Waals surface area contributed by atoms with Crippen LogP contribution in [0.3, 0.4) is 0 Å². The van der Waals surface area contributed by atoms with Gasteiger partial charge in [0.05, 0.1) is 29.1 Å². The van der Waals surface area contributed by atoms with Crippen LogP contribution >= 0.6 is 35.3 Å². The quantitative estimate of drug-likeness (QED) is 0.304. The van der Waals surface area contributed by atoms with Gasteiger partial charge in [0.2, 0.25) is 5.91 Å². The van der Waals surface area contributed by atoms with E-state index >= 15 is 0 Å². The van der Waals surface area contributed by atoms with E-state index in [1.165, 1.54) is 11.3 Å². The molecule has 2 aromatic heterocycles. The summed E-state index contributed by atoms with van der Waals surface area (Å²) >= 11 is 7.80. The summed E-state index contributed by atoms with van der Waals surface area (Å²) in [4.78, 5) is 23.8. The van der Waals surface area contributed by atoms with Crippen molar-refractivity contribution >= 4 is 56.6 Å². The molecule has 0 saturated heterocycles. The fourth-order valence-corrected chi connectivity index (χ4v) is 4.62. The third-order valence-electron chi connectivity index (χ3n) is 4.84. The zero-order valence-corrected chi connectivity index (χ0v) is 20.0. The van der Waals surface area contributed by atoms with Crippen molar-refractivity contribution in [3.8, 4) is 5.75 Å². The molecule has 32 heavy (non-hydrogen) atoms. The Bertz CT molecular complexity index is 1150. The van der Waals surface area contributed by atoms with E-state index in [1.807, 2.05) is 60.2 Å². The molecule has 0 fully saturated rings. The fraction of sp³-hybridized carbons (Fsp3) is 0.261. The van der Waals surface area contributed by atoms with Crippen LogP contribution in [0, 0.1) is 0 Å². The number of para-hydroxylation sites is 1. The van der Waals surface area contributed by atoms with Crippen molar-refractivity contribution in [3.63, 3.8) is 0 Å². The molecule has 0 aliphatic rings. The zero-order valence-electron chi connectivity index (χ0n) is 17.6. The average Bonchev–Trinajstić information content (AvgIpc) is 3.43. The lowest BCUT2D eigenvalue weighted by molar-refractivity contribution is -0.118. The van der Waals surface area contributed by atoms with Crippen LogP contribution in [0.1, 0.15) is 18.9 Å². The summed E-state index contributed by atoms with van der Waals surface area (Å²) in [6, 6.07) is 13.3. The summed E-state index contributed by atoms with van der Waals surface area (Å²) in [5.41, 5.74) is 1.67. The molecule has 0 spiro atoms. The van der Waals surface area contributed by atoms with Gasteiger partial charge >= 0.3 is 0 Å². The summed E-state index contributed by atoms with van der Waals surface area (Å²) in [5.74, 6) is 0.807. The summed E-state index contributed by atoms with van der Waals surface area (Å²) in [6.45, 7) is 3.90. The molecule has 0 aliphatic carbocycles. The van der Waals surface area contributed by atoms with Gasteiger partial charge in [-0.15, -0.1) is 12.4 Å². The van der Waals surface area contributed by atoms with Crippen LogP contribution in [0.4, 0.5) is 5.13 Å². The molecule has 0 radical (unpaired) electrons. The fourth-order valence-electron chi connectivity index (χ4n) is 3.32. The molecule has 9 heteroatoms. The highest BCUT2D eigenvalue weighted by Gasteiger charge is 2.20. The molecule has 4 aromatic rings. The number of fused-ring (bicyclic) bond motifs is 1. The minimum atomic E-state index is 0. The number of carbonyl (C=O) groups excluding carboxylic acids is 1. The van der Waals surface area contributed by atoms with Crippen molar-refractivity contribution in [2.45, 2.75) is 26.3 Å². The predicted molar refractivity (Wildman–Crippen MR) is 132 cm³/mol. The maximum Gasteiger partial charge on any atom is 0.233 e. The lowest BCUT2D eigenvalue weighted by atomic mass is 10.1. The second-order valence-electron chi connectivity index (χ2n) is 7.04. The number of rotatable bonds is 9. The van der Waals surface area contributed by atoms with Gasteiger partial charge in [-0.3, -0.25) is 9.69 Å². The maximum absolute atomic E-state index is 13.3. The number of benzene rings is 2. The number of hydrogen-bond acceptors (Lipinski definition) is 5. The molecule has 2 aromatic carbocycles. The number of halogens is 2. The van der Waals surface area contributed by atoms with Gasteiger partial charge in [-0.05, 0) is 43.2 Å². The molecular weight excluding hydrogens is 467 g/mol. The first-order valence-corrected chi connectivity index (χ1v) is 11.4. The van der Waals surface area contributed by atoms with Gasteiger partial charge in [-0.25, -0.2) is 9.97 Å². The lowest BCUT2D eigenvalue weighted by Crippen LogP contribution is -2.33. The Kier molecular flexibility index (Phi) is 8.50. The zero-order chi connectivity index (χ0) is 21.6. The topological polar surface area (TPSA) is 60.2 Å². The molecular formula is C23H24Cl2N4O2S. The minimum Gasteiger partial charge on any atom is -0.494 e. The lowest BCUT2D eigenvalue weighted by Gasteiger charge is -2.20. The minimum absolute atomic E-state index is 0. The smallest absolute Gasteiger partial charge is 0.233 e. The molecule has 0 atom stereocenters. The second-order valence-corrected chi connectivity index (χ2v) is 8.45. The van der Waals surface area contributed by atoms with Crippen molar-refractivity contribution in [2.24, 2.45) is 0 Å². The first kappa shape index (κ1) is 24.0. The molecule has 0 unspecified atom stereocenters. The van der Waals surface area contributed by atoms with Crippen LogP contribution in [0.25, 0.3) is 10.2 Å². The van der Waals surface area contributed by atoms with Crippen molar-refractivity contribution in [3.05, 3.63) is 71.8 Å². The van der Waals surface area contributed by atoms with E-state index in [2.05, 4.69) is 9.97 Å². The number of hydrogen-bond donors (Lipinski definition) is 0. The molecule has 1 amide bonds. The van der Waals surface area contributed by atoms with Gasteiger partial charge in [-0.1, -0.05) is 41.1 Å². The van der Waals surface area contributed by atoms with Crippen LogP contribution in [0.15, 0.2) is 61.2 Å². The van der Waals surface area contributed by atoms with Crippen LogP contribution < -0.4 is 9.64 Å². The van der Waals surface area contributed by atoms with Crippen LogP contribution in [0.5, 0.6) is 5.75 Å². The van der Waals surface area contributed by atoms with E-state index in [4.69, 9.17) is 16.3 Å². The van der Waals surface area contributed by atoms with Crippen LogP contribution in [-0.2, 0) is 17.8 Å². The Morgan fingerprint density at radius 1 is 1.22 bits per heavy atom. The molecule has 0 aliphatic heterocycles. The van der Waals surface area contributed by atoms with Gasteiger partial charge in [0.25, 0.3) is 0 Å². The van der Waals surface area contributed by atoms with E-state index in [0.29, 0.717) is 29.7 Å². The maximum atomic E-state index is 13.3. The summed E-state index contributed by atoms with van der Waals surface area (Å²) in [7, 11) is 0. The van der Waals surface area contributed by atoms with E-state index in [9.17, 15) is 4.79 Å². The number of nitrogens with zero attached hydrogens (tertiary/aromatic N) is 4. The van der Waals surface area contributed by atoms with Crippen molar-refractivity contribution in [1.82, 2.24) is 14.5 Å². The van der Waals surface area contributed by atoms with Crippen molar-refractivity contribution in [1.29, 1.82) is 0 Å². The molecule has 0 bridgehead atoms. The number of anilines is 1. The number of aromatic nitrogens is 3. The van der Waals surface area contributed by atoms with Crippen molar-refractivity contribution in [2.75, 3.05) is 18.1 Å². The number of ether oxygens (including phenoxy) is 1. The Labute approximate surface area is 202 Å². The monoisotopic (exact) mass is 490 g/mol. The third kappa shape index (κ3) is 5.79. The number of thiazole rings is 1. The average molecular weight is 491 g/mol. The first-order chi connectivity index (χ1) is 15.1. The number of amides is 1. The molecule has 0 saturated carbocycles. The van der Waals surface area contributed by atoms with Gasteiger partial charge in [-0.2, -0.15) is 0 Å². The number of imidazole rings is 1. The third-order valence-corrected chi connectivity index (χ3v) is 6.19. The highest BCUT2D eigenvalue weighted by Crippen LogP contribution is 2.33. The highest BCUT2D eigenvalue weighted by atomic mass is 35.5.